The first-order chi connectivity index (χ1) is 11.2. The van der Waals surface area contributed by atoms with Crippen LogP contribution in [0.15, 0.2) is 6.20 Å². The molecule has 1 aromatic rings. The number of rotatable bonds is 5. The van der Waals surface area contributed by atoms with E-state index in [0.29, 0.717) is 18.2 Å². The van der Waals surface area contributed by atoms with E-state index in [4.69, 9.17) is 5.73 Å². The van der Waals surface area contributed by atoms with Crippen molar-refractivity contribution in [2.45, 2.75) is 70.6 Å². The predicted octanol–water partition coefficient (Wildman–Crippen LogP) is 1.89. The van der Waals surface area contributed by atoms with Crippen LogP contribution in [0.4, 0.5) is 11.8 Å². The Bertz CT molecular complexity index is 642. The fourth-order valence-corrected chi connectivity index (χ4v) is 3.06. The number of primary amides is 1. The highest BCUT2D eigenvalue weighted by Crippen LogP contribution is 2.38. The maximum Gasteiger partial charge on any atom is 0.254 e. The molecule has 2 saturated carbocycles. The SMILES string of the molecule is CC1(Nc2ncc(C(N)=O)c(NC3CCC(C)(C)C(O)C3)n2)CC1. The van der Waals surface area contributed by atoms with Crippen LogP contribution in [0.3, 0.4) is 0 Å². The van der Waals surface area contributed by atoms with E-state index in [1.54, 1.807) is 0 Å². The summed E-state index contributed by atoms with van der Waals surface area (Å²) in [5, 5.41) is 16.9. The van der Waals surface area contributed by atoms with Gasteiger partial charge in [-0.25, -0.2) is 4.98 Å². The van der Waals surface area contributed by atoms with Gasteiger partial charge in [0.2, 0.25) is 5.95 Å². The molecular weight excluding hydrogens is 306 g/mol. The van der Waals surface area contributed by atoms with Gasteiger partial charge < -0.3 is 21.5 Å². The van der Waals surface area contributed by atoms with E-state index in [0.717, 1.165) is 25.7 Å². The molecule has 5 N–H and O–H groups in total. The normalized spacial score (nSPS) is 27.3. The first kappa shape index (κ1) is 17.0. The van der Waals surface area contributed by atoms with Gasteiger partial charge in [0, 0.05) is 17.8 Å². The van der Waals surface area contributed by atoms with Crippen LogP contribution in [0, 0.1) is 5.41 Å². The lowest BCUT2D eigenvalue weighted by Gasteiger charge is -2.39. The number of aliphatic hydroxyl groups is 1. The summed E-state index contributed by atoms with van der Waals surface area (Å²) in [7, 11) is 0. The van der Waals surface area contributed by atoms with E-state index < -0.39 is 5.91 Å². The standard InChI is InChI=1S/C17H27N5O2/c1-16(2)5-4-10(8-12(16)23)20-14-11(13(18)24)9-19-15(21-14)22-17(3)6-7-17/h9-10,12,23H,4-8H2,1-3H3,(H2,18,24)(H2,19,20,21,22). The van der Waals surface area contributed by atoms with Crippen LogP contribution in [0.1, 0.15) is 63.2 Å². The van der Waals surface area contributed by atoms with E-state index in [1.807, 2.05) is 0 Å². The van der Waals surface area contributed by atoms with Gasteiger partial charge >= 0.3 is 0 Å². The summed E-state index contributed by atoms with van der Waals surface area (Å²) < 4.78 is 0. The van der Waals surface area contributed by atoms with Gasteiger partial charge in [0.25, 0.3) is 5.91 Å². The van der Waals surface area contributed by atoms with Crippen LogP contribution in [0.25, 0.3) is 0 Å². The second kappa shape index (κ2) is 5.88. The Morgan fingerprint density at radius 3 is 2.62 bits per heavy atom. The van der Waals surface area contributed by atoms with Crippen LogP contribution < -0.4 is 16.4 Å². The molecule has 2 aliphatic carbocycles. The van der Waals surface area contributed by atoms with Crippen LogP contribution in [-0.4, -0.2) is 38.7 Å². The van der Waals surface area contributed by atoms with Crippen molar-refractivity contribution in [1.29, 1.82) is 0 Å². The average Bonchev–Trinajstić information content (AvgIpc) is 3.20. The number of amides is 1. The number of hydrogen-bond donors (Lipinski definition) is 4. The number of nitrogens with zero attached hydrogens (tertiary/aromatic N) is 2. The number of carbonyl (C=O) groups is 1. The molecule has 2 atom stereocenters. The van der Waals surface area contributed by atoms with Gasteiger partial charge in [-0.3, -0.25) is 4.79 Å². The summed E-state index contributed by atoms with van der Waals surface area (Å²) in [5.74, 6) is 0.388. The Balaban J connectivity index is 1.77. The first-order valence-corrected chi connectivity index (χ1v) is 8.58. The number of carbonyl (C=O) groups excluding carboxylic acids is 1. The third-order valence-electron chi connectivity index (χ3n) is 5.36. The monoisotopic (exact) mass is 333 g/mol. The third kappa shape index (κ3) is 3.61. The van der Waals surface area contributed by atoms with Gasteiger partial charge in [-0.15, -0.1) is 0 Å². The molecule has 1 heterocycles. The molecule has 0 spiro atoms. The van der Waals surface area contributed by atoms with E-state index >= 15 is 0 Å². The Kier molecular flexibility index (Phi) is 4.15. The molecule has 24 heavy (non-hydrogen) atoms. The Morgan fingerprint density at radius 1 is 1.33 bits per heavy atom. The lowest BCUT2D eigenvalue weighted by molar-refractivity contribution is 0.00912. The lowest BCUT2D eigenvalue weighted by atomic mass is 9.73. The molecule has 1 aromatic heterocycles. The summed E-state index contributed by atoms with van der Waals surface area (Å²) >= 11 is 0. The van der Waals surface area contributed by atoms with Gasteiger partial charge in [-0.1, -0.05) is 13.8 Å². The minimum absolute atomic E-state index is 0.0521. The molecule has 0 aromatic carbocycles. The fraction of sp³-hybridized carbons (Fsp3) is 0.706. The quantitative estimate of drug-likeness (QED) is 0.654. The van der Waals surface area contributed by atoms with Crippen molar-refractivity contribution in [2.24, 2.45) is 11.1 Å². The van der Waals surface area contributed by atoms with Crippen LogP contribution >= 0.6 is 0 Å². The summed E-state index contributed by atoms with van der Waals surface area (Å²) in [6, 6.07) is 0.0605. The molecule has 7 heteroatoms. The number of anilines is 2. The summed E-state index contributed by atoms with van der Waals surface area (Å²) in [4.78, 5) is 20.3. The maximum absolute atomic E-state index is 11.7. The van der Waals surface area contributed by atoms with Gasteiger partial charge in [0.05, 0.1) is 11.7 Å². The highest BCUT2D eigenvalue weighted by Gasteiger charge is 2.38. The van der Waals surface area contributed by atoms with E-state index in [1.165, 1.54) is 6.20 Å². The number of aromatic nitrogens is 2. The Labute approximate surface area is 142 Å². The summed E-state index contributed by atoms with van der Waals surface area (Å²) in [6.07, 6.45) is 5.69. The zero-order chi connectivity index (χ0) is 17.5. The van der Waals surface area contributed by atoms with Gasteiger partial charge in [-0.05, 0) is 44.4 Å². The van der Waals surface area contributed by atoms with Crippen LogP contribution in [0.5, 0.6) is 0 Å². The van der Waals surface area contributed by atoms with Crippen molar-refractivity contribution in [3.63, 3.8) is 0 Å². The van der Waals surface area contributed by atoms with Gasteiger partial charge in [0.1, 0.15) is 5.82 Å². The molecule has 0 radical (unpaired) electrons. The molecule has 2 unspecified atom stereocenters. The van der Waals surface area contributed by atoms with E-state index in [9.17, 15) is 9.90 Å². The molecule has 2 aliphatic rings. The van der Waals surface area contributed by atoms with Crippen LogP contribution in [-0.2, 0) is 0 Å². The molecule has 1 amide bonds. The largest absolute Gasteiger partial charge is 0.392 e. The number of aliphatic hydroxyl groups excluding tert-OH is 1. The van der Waals surface area contributed by atoms with Crippen molar-refractivity contribution in [1.82, 2.24) is 9.97 Å². The molecule has 0 saturated heterocycles. The maximum atomic E-state index is 11.7. The van der Waals surface area contributed by atoms with Gasteiger partial charge in [0.15, 0.2) is 0 Å². The second-order valence-corrected chi connectivity index (χ2v) is 8.13. The summed E-state index contributed by atoms with van der Waals surface area (Å²) in [5.41, 5.74) is 5.70. The highest BCUT2D eigenvalue weighted by atomic mass is 16.3. The molecule has 2 fully saturated rings. The molecule has 3 rings (SSSR count). The number of hydrogen-bond acceptors (Lipinski definition) is 6. The average molecular weight is 333 g/mol. The van der Waals surface area contributed by atoms with Crippen molar-refractivity contribution in [2.75, 3.05) is 10.6 Å². The predicted molar refractivity (Wildman–Crippen MR) is 92.9 cm³/mol. The molecule has 7 nitrogen and oxygen atoms in total. The molecule has 0 bridgehead atoms. The molecule has 0 aliphatic heterocycles. The Hall–Kier alpha value is -1.89. The van der Waals surface area contributed by atoms with Crippen molar-refractivity contribution in [3.05, 3.63) is 11.8 Å². The molecule has 132 valence electrons. The topological polar surface area (TPSA) is 113 Å². The van der Waals surface area contributed by atoms with Crippen molar-refractivity contribution >= 4 is 17.7 Å². The van der Waals surface area contributed by atoms with Gasteiger partial charge in [-0.2, -0.15) is 4.98 Å². The first-order valence-electron chi connectivity index (χ1n) is 8.58. The second-order valence-electron chi connectivity index (χ2n) is 8.13. The minimum Gasteiger partial charge on any atom is -0.392 e. The van der Waals surface area contributed by atoms with Crippen LogP contribution in [0.2, 0.25) is 0 Å². The highest BCUT2D eigenvalue weighted by molar-refractivity contribution is 5.97. The van der Waals surface area contributed by atoms with Crippen molar-refractivity contribution in [3.8, 4) is 0 Å². The number of nitrogens with two attached hydrogens (primary N) is 1. The van der Waals surface area contributed by atoms with Crippen molar-refractivity contribution < 1.29 is 9.90 Å². The minimum atomic E-state index is -0.557. The molecular formula is C17H27N5O2. The lowest BCUT2D eigenvalue weighted by Crippen LogP contribution is -2.41. The Morgan fingerprint density at radius 2 is 2.04 bits per heavy atom. The fourth-order valence-electron chi connectivity index (χ4n) is 3.06. The smallest absolute Gasteiger partial charge is 0.254 e. The zero-order valence-corrected chi connectivity index (χ0v) is 14.6. The summed E-state index contributed by atoms with van der Waals surface area (Å²) in [6.45, 7) is 6.27. The van der Waals surface area contributed by atoms with E-state index in [-0.39, 0.29) is 28.7 Å². The number of nitrogens with one attached hydrogen (secondary N) is 2. The zero-order valence-electron chi connectivity index (χ0n) is 14.6. The third-order valence-corrected chi connectivity index (χ3v) is 5.36. The van der Waals surface area contributed by atoms with E-state index in [2.05, 4.69) is 41.4 Å².